The first-order chi connectivity index (χ1) is 14.1. The van der Waals surface area contributed by atoms with Gasteiger partial charge >= 0.3 is 0 Å². The number of nitrogens with zero attached hydrogens (tertiary/aromatic N) is 4. The van der Waals surface area contributed by atoms with Crippen LogP contribution in [0.2, 0.25) is 0 Å². The molecule has 2 aliphatic heterocycles. The Morgan fingerprint density at radius 3 is 2.60 bits per heavy atom. The number of nitrogens with one attached hydrogen (secondary N) is 1. The van der Waals surface area contributed by atoms with Crippen molar-refractivity contribution in [2.45, 2.75) is 40.5 Å². The zero-order valence-electron chi connectivity index (χ0n) is 17.2. The van der Waals surface area contributed by atoms with Gasteiger partial charge in [-0.15, -0.1) is 0 Å². The van der Waals surface area contributed by atoms with Gasteiger partial charge in [0.2, 0.25) is 0 Å². The first-order valence-electron chi connectivity index (χ1n) is 10.9. The van der Waals surface area contributed by atoms with Gasteiger partial charge in [0.05, 0.1) is 16.6 Å². The molecule has 156 valence electrons. The Labute approximate surface area is 178 Å². The van der Waals surface area contributed by atoms with E-state index in [9.17, 15) is 5.26 Å². The van der Waals surface area contributed by atoms with E-state index in [0.29, 0.717) is 0 Å². The Morgan fingerprint density at radius 2 is 1.87 bits per heavy atom. The van der Waals surface area contributed by atoms with E-state index in [1.807, 2.05) is 6.07 Å². The zero-order valence-corrected chi connectivity index (χ0v) is 17.2. The van der Waals surface area contributed by atoms with Crippen molar-refractivity contribution < 1.29 is 0 Å². The minimum atomic E-state index is 0. The third-order valence-electron chi connectivity index (χ3n) is 7.44. The molecule has 0 unspecified atom stereocenters. The first kappa shape index (κ1) is 19.4. The summed E-state index contributed by atoms with van der Waals surface area (Å²) in [5, 5.41) is 13.7. The highest BCUT2D eigenvalue weighted by Gasteiger charge is 2.40. The highest BCUT2D eigenvalue weighted by molar-refractivity contribution is 5.86. The summed E-state index contributed by atoms with van der Waals surface area (Å²) in [4.78, 5) is 7.55. The molecule has 2 aromatic heterocycles. The van der Waals surface area contributed by atoms with E-state index >= 15 is 0 Å². The number of imidazole rings is 1. The van der Waals surface area contributed by atoms with E-state index in [4.69, 9.17) is 4.98 Å². The number of fused-ring (bicyclic) bond motifs is 5. The number of rotatable bonds is 1. The maximum absolute atomic E-state index is 10.1. The van der Waals surface area contributed by atoms with Crippen molar-refractivity contribution in [2.24, 2.45) is 17.3 Å². The Balaban J connectivity index is 0.00000193. The third kappa shape index (κ3) is 2.66. The molecule has 3 aromatic rings. The zero-order chi connectivity index (χ0) is 19.8. The average Bonchev–Trinajstić information content (AvgIpc) is 3.38. The second-order valence-corrected chi connectivity index (χ2v) is 9.95. The van der Waals surface area contributed by atoms with E-state index < -0.39 is 0 Å². The molecule has 5 nitrogen and oxygen atoms in total. The number of hydrogen-bond donors (Lipinski definition) is 1. The fourth-order valence-corrected chi connectivity index (χ4v) is 5.93. The quantitative estimate of drug-likeness (QED) is 0.665. The monoisotopic (exact) mass is 401 g/mol. The molecule has 2 fully saturated rings. The Hall–Kier alpha value is -2.58. The van der Waals surface area contributed by atoms with E-state index in [-0.39, 0.29) is 12.8 Å². The molecular weight excluding hydrogens is 370 g/mol. The van der Waals surface area contributed by atoms with Crippen molar-refractivity contribution >= 4 is 22.5 Å². The van der Waals surface area contributed by atoms with Crippen LogP contribution >= 0.6 is 0 Å². The standard InChI is InChI=1S/C24H27N5.CH4/c1-24(2)8-7-17-18(9-24)23(28-13-15-11-26-12-16(15)14-28)29-21-6-4-3-5-20(21)27-22(29)19(17)10-25;/h3-6,15-16,26H,7-9,11-14H2,1-2H3;1H4/t15-,16-;/m1./s1. The molecule has 0 radical (unpaired) electrons. The van der Waals surface area contributed by atoms with Crippen LogP contribution in [0.3, 0.4) is 0 Å². The van der Waals surface area contributed by atoms with Gasteiger partial charge in [0.25, 0.3) is 0 Å². The molecule has 2 atom stereocenters. The Kier molecular flexibility index (Phi) is 4.34. The molecule has 3 aliphatic rings. The molecule has 1 aliphatic carbocycles. The van der Waals surface area contributed by atoms with Crippen molar-refractivity contribution in [1.29, 1.82) is 5.26 Å². The molecular formula is C25H31N5. The number of para-hydroxylation sites is 2. The largest absolute Gasteiger partial charge is 0.357 e. The van der Waals surface area contributed by atoms with Crippen molar-refractivity contribution in [3.05, 3.63) is 41.0 Å². The Morgan fingerprint density at radius 1 is 1.13 bits per heavy atom. The van der Waals surface area contributed by atoms with Crippen LogP contribution in [0, 0.1) is 28.6 Å². The summed E-state index contributed by atoms with van der Waals surface area (Å²) in [6.07, 6.45) is 3.12. The fourth-order valence-electron chi connectivity index (χ4n) is 5.93. The van der Waals surface area contributed by atoms with Crippen LogP contribution in [0.25, 0.3) is 16.7 Å². The maximum Gasteiger partial charge on any atom is 0.157 e. The number of anilines is 1. The lowest BCUT2D eigenvalue weighted by molar-refractivity contribution is 0.315. The summed E-state index contributed by atoms with van der Waals surface area (Å²) in [6.45, 7) is 9.17. The fraction of sp³-hybridized carbons (Fsp3) is 0.520. The van der Waals surface area contributed by atoms with Crippen molar-refractivity contribution in [3.63, 3.8) is 0 Å². The van der Waals surface area contributed by atoms with E-state index in [0.717, 1.165) is 79.5 Å². The minimum absolute atomic E-state index is 0. The summed E-state index contributed by atoms with van der Waals surface area (Å²) in [5.74, 6) is 2.76. The molecule has 2 saturated heterocycles. The lowest BCUT2D eigenvalue weighted by Gasteiger charge is -2.36. The average molecular weight is 402 g/mol. The van der Waals surface area contributed by atoms with Crippen LogP contribution in [0.5, 0.6) is 0 Å². The highest BCUT2D eigenvalue weighted by Crippen LogP contribution is 2.44. The van der Waals surface area contributed by atoms with Gasteiger partial charge in [0, 0.05) is 26.2 Å². The second kappa shape index (κ2) is 6.72. The lowest BCUT2D eigenvalue weighted by atomic mass is 9.73. The SMILES string of the molecule is C.CC1(C)CCc2c(c(N3C[C@H]4CNC[C@@H]4C3)n3c(nc4ccccc43)c2C#N)C1. The summed E-state index contributed by atoms with van der Waals surface area (Å²) in [7, 11) is 0. The topological polar surface area (TPSA) is 56.4 Å². The molecule has 30 heavy (non-hydrogen) atoms. The van der Waals surface area contributed by atoms with Gasteiger partial charge < -0.3 is 10.2 Å². The maximum atomic E-state index is 10.1. The molecule has 5 heteroatoms. The molecule has 4 heterocycles. The van der Waals surface area contributed by atoms with Crippen LogP contribution < -0.4 is 10.2 Å². The van der Waals surface area contributed by atoms with Gasteiger partial charge in [-0.1, -0.05) is 33.4 Å². The van der Waals surface area contributed by atoms with Crippen LogP contribution in [0.15, 0.2) is 24.3 Å². The van der Waals surface area contributed by atoms with Gasteiger partial charge in [0.1, 0.15) is 11.9 Å². The summed E-state index contributed by atoms with van der Waals surface area (Å²) < 4.78 is 2.31. The molecule has 0 amide bonds. The van der Waals surface area contributed by atoms with Crippen LogP contribution in [-0.2, 0) is 12.8 Å². The van der Waals surface area contributed by atoms with E-state index in [1.54, 1.807) is 0 Å². The van der Waals surface area contributed by atoms with Gasteiger partial charge in [-0.25, -0.2) is 4.98 Å². The van der Waals surface area contributed by atoms with E-state index in [2.05, 4.69) is 52.7 Å². The van der Waals surface area contributed by atoms with Gasteiger partial charge in [0.15, 0.2) is 5.65 Å². The van der Waals surface area contributed by atoms with Crippen molar-refractivity contribution in [1.82, 2.24) is 14.7 Å². The predicted octanol–water partition coefficient (Wildman–Crippen LogP) is 4.17. The van der Waals surface area contributed by atoms with Gasteiger partial charge in [-0.05, 0) is 59.8 Å². The third-order valence-corrected chi connectivity index (χ3v) is 7.44. The highest BCUT2D eigenvalue weighted by atomic mass is 15.3. The van der Waals surface area contributed by atoms with Crippen LogP contribution in [-0.4, -0.2) is 35.6 Å². The first-order valence-corrected chi connectivity index (χ1v) is 10.9. The summed E-state index contributed by atoms with van der Waals surface area (Å²) in [5.41, 5.74) is 6.63. The van der Waals surface area contributed by atoms with Crippen molar-refractivity contribution in [2.75, 3.05) is 31.1 Å². The summed E-state index contributed by atoms with van der Waals surface area (Å²) in [6, 6.07) is 10.9. The second-order valence-electron chi connectivity index (χ2n) is 9.95. The number of hydrogen-bond acceptors (Lipinski definition) is 4. The minimum Gasteiger partial charge on any atom is -0.357 e. The van der Waals surface area contributed by atoms with Crippen molar-refractivity contribution in [3.8, 4) is 6.07 Å². The predicted molar refractivity (Wildman–Crippen MR) is 122 cm³/mol. The number of benzene rings is 1. The molecule has 6 rings (SSSR count). The lowest BCUT2D eigenvalue weighted by Crippen LogP contribution is -2.32. The number of aromatic nitrogens is 2. The van der Waals surface area contributed by atoms with E-state index in [1.165, 1.54) is 16.9 Å². The number of pyridine rings is 1. The van der Waals surface area contributed by atoms with Gasteiger partial charge in [-0.3, -0.25) is 4.40 Å². The van der Waals surface area contributed by atoms with Crippen LogP contribution in [0.1, 0.15) is 44.4 Å². The Bertz CT molecular complexity index is 1170. The molecule has 0 spiro atoms. The summed E-state index contributed by atoms with van der Waals surface area (Å²) >= 11 is 0. The molecule has 0 bridgehead atoms. The van der Waals surface area contributed by atoms with Crippen LogP contribution in [0.4, 0.5) is 5.82 Å². The smallest absolute Gasteiger partial charge is 0.157 e. The molecule has 0 saturated carbocycles. The normalized spacial score (nSPS) is 24.5. The molecule has 1 N–H and O–H groups in total. The number of nitriles is 1. The molecule has 1 aromatic carbocycles. The van der Waals surface area contributed by atoms with Gasteiger partial charge in [-0.2, -0.15) is 5.26 Å².